The van der Waals surface area contributed by atoms with Gasteiger partial charge >= 0.3 is 0 Å². The smallest absolute Gasteiger partial charge is 0.220 e. The molecule has 114 valence electrons. The molecule has 0 aliphatic heterocycles. The first-order chi connectivity index (χ1) is 9.11. The molecule has 0 aliphatic carbocycles. The summed E-state index contributed by atoms with van der Waals surface area (Å²) in [6.45, 7) is 2.62. The maximum Gasteiger partial charge on any atom is 0.220 e. The van der Waals surface area contributed by atoms with Crippen LogP contribution in [-0.4, -0.2) is 25.6 Å². The first-order valence-corrected chi connectivity index (χ1v) is 6.77. The minimum Gasteiger partial charge on any atom is -0.497 e. The van der Waals surface area contributed by atoms with Crippen molar-refractivity contribution in [2.24, 2.45) is 5.73 Å². The summed E-state index contributed by atoms with van der Waals surface area (Å²) in [6, 6.07) is 8.09. The van der Waals surface area contributed by atoms with E-state index in [1.807, 2.05) is 25.1 Å². The minimum atomic E-state index is 0. The molecule has 3 N–H and O–H groups in total. The van der Waals surface area contributed by atoms with Crippen LogP contribution in [0.3, 0.4) is 0 Å². The molecular weight excluding hydrogens is 276 g/mol. The van der Waals surface area contributed by atoms with Crippen molar-refractivity contribution in [3.8, 4) is 5.75 Å². The summed E-state index contributed by atoms with van der Waals surface area (Å²) in [5.41, 5.74) is 6.83. The summed E-state index contributed by atoms with van der Waals surface area (Å²) in [7, 11) is 1.66. The molecule has 1 amide bonds. The fourth-order valence-electron chi connectivity index (χ4n) is 1.80. The number of amides is 1. The van der Waals surface area contributed by atoms with Gasteiger partial charge in [0.15, 0.2) is 0 Å². The van der Waals surface area contributed by atoms with Gasteiger partial charge in [0.05, 0.1) is 7.11 Å². The summed E-state index contributed by atoms with van der Waals surface area (Å²) < 4.78 is 5.17. The van der Waals surface area contributed by atoms with Gasteiger partial charge in [-0.3, -0.25) is 4.79 Å². The van der Waals surface area contributed by atoms with Gasteiger partial charge in [-0.1, -0.05) is 12.1 Å². The molecular formula is C15H25ClN2O2. The molecule has 1 unspecified atom stereocenters. The Morgan fingerprint density at radius 2 is 2.20 bits per heavy atom. The van der Waals surface area contributed by atoms with Crippen LogP contribution in [0, 0.1) is 0 Å². The number of aryl methyl sites for hydroxylation is 1. The van der Waals surface area contributed by atoms with Crippen LogP contribution in [-0.2, 0) is 11.2 Å². The molecule has 1 atom stereocenters. The van der Waals surface area contributed by atoms with Crippen molar-refractivity contribution >= 4 is 18.3 Å². The molecule has 5 heteroatoms. The Morgan fingerprint density at radius 1 is 1.45 bits per heavy atom. The van der Waals surface area contributed by atoms with Gasteiger partial charge in [0.1, 0.15) is 5.75 Å². The molecule has 0 saturated carbocycles. The van der Waals surface area contributed by atoms with Gasteiger partial charge in [0, 0.05) is 19.0 Å². The van der Waals surface area contributed by atoms with Gasteiger partial charge in [0.2, 0.25) is 5.91 Å². The van der Waals surface area contributed by atoms with Crippen molar-refractivity contribution in [1.29, 1.82) is 0 Å². The average molecular weight is 301 g/mol. The van der Waals surface area contributed by atoms with Crippen molar-refractivity contribution in [1.82, 2.24) is 5.32 Å². The second-order valence-electron chi connectivity index (χ2n) is 4.82. The lowest BCUT2D eigenvalue weighted by atomic mass is 10.1. The molecule has 0 fully saturated rings. The zero-order valence-electron chi connectivity index (χ0n) is 12.2. The largest absolute Gasteiger partial charge is 0.497 e. The Kier molecular flexibility index (Phi) is 9.86. The molecule has 1 rings (SSSR count). The van der Waals surface area contributed by atoms with E-state index in [0.717, 1.165) is 25.0 Å². The summed E-state index contributed by atoms with van der Waals surface area (Å²) in [5, 5.41) is 2.91. The Morgan fingerprint density at radius 3 is 2.85 bits per heavy atom. The zero-order valence-corrected chi connectivity index (χ0v) is 13.0. The van der Waals surface area contributed by atoms with E-state index in [4.69, 9.17) is 10.5 Å². The Bertz CT molecular complexity index is 397. The topological polar surface area (TPSA) is 64.3 Å². The van der Waals surface area contributed by atoms with Crippen LogP contribution in [0.5, 0.6) is 5.75 Å². The van der Waals surface area contributed by atoms with Crippen molar-refractivity contribution in [3.05, 3.63) is 29.8 Å². The number of benzene rings is 1. The number of nitrogens with one attached hydrogen (secondary N) is 1. The predicted octanol–water partition coefficient (Wildman–Crippen LogP) is 2.29. The highest BCUT2D eigenvalue weighted by Crippen LogP contribution is 2.13. The quantitative estimate of drug-likeness (QED) is 0.724. The summed E-state index contributed by atoms with van der Waals surface area (Å²) in [5.74, 6) is 0.960. The fraction of sp³-hybridized carbons (Fsp3) is 0.533. The van der Waals surface area contributed by atoms with E-state index in [2.05, 4.69) is 11.4 Å². The highest BCUT2D eigenvalue weighted by molar-refractivity contribution is 5.85. The fourth-order valence-corrected chi connectivity index (χ4v) is 1.80. The number of nitrogens with two attached hydrogens (primary N) is 1. The van der Waals surface area contributed by atoms with Crippen LogP contribution >= 0.6 is 12.4 Å². The molecule has 0 spiro atoms. The summed E-state index contributed by atoms with van der Waals surface area (Å²) in [6.07, 6.45) is 3.11. The van der Waals surface area contributed by atoms with Gasteiger partial charge in [-0.05, 0) is 43.9 Å². The number of hydrogen-bond donors (Lipinski definition) is 2. The third-order valence-electron chi connectivity index (χ3n) is 2.93. The number of carbonyl (C=O) groups is 1. The maximum absolute atomic E-state index is 11.5. The van der Waals surface area contributed by atoms with Crippen LogP contribution in [0.15, 0.2) is 24.3 Å². The lowest BCUT2D eigenvalue weighted by Gasteiger charge is -2.07. The number of halogens is 1. The molecule has 0 radical (unpaired) electrons. The van der Waals surface area contributed by atoms with Crippen molar-refractivity contribution < 1.29 is 9.53 Å². The molecule has 0 heterocycles. The number of ether oxygens (including phenoxy) is 1. The van der Waals surface area contributed by atoms with E-state index in [0.29, 0.717) is 13.0 Å². The first-order valence-electron chi connectivity index (χ1n) is 6.77. The first kappa shape index (κ1) is 18.7. The van der Waals surface area contributed by atoms with Crippen LogP contribution in [0.4, 0.5) is 0 Å². The lowest BCUT2D eigenvalue weighted by molar-refractivity contribution is -0.121. The van der Waals surface area contributed by atoms with E-state index >= 15 is 0 Å². The van der Waals surface area contributed by atoms with Gasteiger partial charge in [-0.15, -0.1) is 12.4 Å². The summed E-state index contributed by atoms with van der Waals surface area (Å²) >= 11 is 0. The van der Waals surface area contributed by atoms with Gasteiger partial charge in [-0.25, -0.2) is 0 Å². The monoisotopic (exact) mass is 300 g/mol. The number of rotatable bonds is 8. The number of methoxy groups -OCH3 is 1. The Labute approximate surface area is 127 Å². The Hall–Kier alpha value is -1.26. The van der Waals surface area contributed by atoms with E-state index in [1.165, 1.54) is 5.56 Å². The molecule has 4 nitrogen and oxygen atoms in total. The Balaban J connectivity index is 0.00000361. The summed E-state index contributed by atoms with van der Waals surface area (Å²) in [4.78, 5) is 11.5. The molecule has 20 heavy (non-hydrogen) atoms. The van der Waals surface area contributed by atoms with Crippen LogP contribution in [0.2, 0.25) is 0 Å². The van der Waals surface area contributed by atoms with E-state index in [1.54, 1.807) is 7.11 Å². The highest BCUT2D eigenvalue weighted by Gasteiger charge is 2.03. The van der Waals surface area contributed by atoms with Crippen molar-refractivity contribution in [3.63, 3.8) is 0 Å². The average Bonchev–Trinajstić information content (AvgIpc) is 2.41. The molecule has 0 bridgehead atoms. The molecule has 0 saturated heterocycles. The third-order valence-corrected chi connectivity index (χ3v) is 2.93. The second kappa shape index (κ2) is 10.5. The van der Waals surface area contributed by atoms with Crippen LogP contribution in [0.25, 0.3) is 0 Å². The number of hydrogen-bond acceptors (Lipinski definition) is 3. The zero-order chi connectivity index (χ0) is 14.1. The lowest BCUT2D eigenvalue weighted by Crippen LogP contribution is -2.26. The third kappa shape index (κ3) is 8.02. The van der Waals surface area contributed by atoms with E-state index in [-0.39, 0.29) is 24.4 Å². The predicted molar refractivity (Wildman–Crippen MR) is 84.5 cm³/mol. The highest BCUT2D eigenvalue weighted by atomic mass is 35.5. The van der Waals surface area contributed by atoms with Crippen molar-refractivity contribution in [2.45, 2.75) is 38.6 Å². The minimum absolute atomic E-state index is 0. The second-order valence-corrected chi connectivity index (χ2v) is 4.82. The van der Waals surface area contributed by atoms with Gasteiger partial charge in [0.25, 0.3) is 0 Å². The van der Waals surface area contributed by atoms with Crippen LogP contribution < -0.4 is 15.8 Å². The maximum atomic E-state index is 11.5. The van der Waals surface area contributed by atoms with Gasteiger partial charge < -0.3 is 15.8 Å². The van der Waals surface area contributed by atoms with Crippen molar-refractivity contribution in [2.75, 3.05) is 13.7 Å². The molecule has 1 aromatic carbocycles. The number of carbonyl (C=O) groups excluding carboxylic acids is 1. The van der Waals surface area contributed by atoms with E-state index in [9.17, 15) is 4.79 Å². The SMILES string of the molecule is COc1cccc(CCCNC(=O)CCC(C)N)c1.Cl. The molecule has 0 aliphatic rings. The normalized spacial score (nSPS) is 11.3. The van der Waals surface area contributed by atoms with Crippen LogP contribution in [0.1, 0.15) is 31.7 Å². The molecule has 0 aromatic heterocycles. The standard InChI is InChI=1S/C15H24N2O2.ClH/c1-12(16)8-9-15(18)17-10-4-6-13-5-3-7-14(11-13)19-2;/h3,5,7,11-12H,4,6,8-10,16H2,1-2H3,(H,17,18);1H. The van der Waals surface area contributed by atoms with E-state index < -0.39 is 0 Å². The van der Waals surface area contributed by atoms with Gasteiger partial charge in [-0.2, -0.15) is 0 Å². The molecule has 1 aromatic rings.